The number of hydrogen-bond acceptors (Lipinski definition) is 5. The largest absolute Gasteiger partial charge is 0.387 e. The summed E-state index contributed by atoms with van der Waals surface area (Å²) in [5.74, 6) is 0. The van der Waals surface area contributed by atoms with Crippen LogP contribution < -0.4 is 31.7 Å². The molecule has 1 aromatic rings. The minimum absolute atomic E-state index is 0.269. The quantitative estimate of drug-likeness (QED) is 0.643. The molecule has 1 unspecified atom stereocenters. The zero-order valence-electron chi connectivity index (χ0n) is 14.2. The van der Waals surface area contributed by atoms with E-state index in [2.05, 4.69) is 51.7 Å². The fourth-order valence-corrected chi connectivity index (χ4v) is 3.60. The van der Waals surface area contributed by atoms with Crippen molar-refractivity contribution in [2.75, 3.05) is 25.0 Å². The van der Waals surface area contributed by atoms with E-state index in [1.54, 1.807) is 0 Å². The topological polar surface area (TPSA) is 71.9 Å². The summed E-state index contributed by atoms with van der Waals surface area (Å²) < 4.78 is 0. The number of benzene rings is 1. The van der Waals surface area contributed by atoms with Gasteiger partial charge >= 0.3 is 0 Å². The van der Waals surface area contributed by atoms with Crippen LogP contribution in [-0.4, -0.2) is 31.7 Å². The van der Waals surface area contributed by atoms with Crippen LogP contribution in [0, 0.1) is 11.3 Å². The van der Waals surface area contributed by atoms with Gasteiger partial charge < -0.3 is 21.3 Å². The zero-order chi connectivity index (χ0) is 17.1. The van der Waals surface area contributed by atoms with E-state index in [0.717, 1.165) is 43.6 Å². The van der Waals surface area contributed by atoms with Crippen molar-refractivity contribution in [3.05, 3.63) is 46.5 Å². The Kier molecular flexibility index (Phi) is 4.45. The first kappa shape index (κ1) is 15.8. The molecule has 3 aliphatic rings. The summed E-state index contributed by atoms with van der Waals surface area (Å²) >= 11 is 0. The molecule has 5 heteroatoms. The van der Waals surface area contributed by atoms with Crippen LogP contribution in [0.5, 0.6) is 0 Å². The van der Waals surface area contributed by atoms with E-state index < -0.39 is 0 Å². The Hall–Kier alpha value is -2.71. The van der Waals surface area contributed by atoms with Crippen LogP contribution in [0.15, 0.2) is 30.5 Å². The van der Waals surface area contributed by atoms with E-state index in [0.29, 0.717) is 6.04 Å². The van der Waals surface area contributed by atoms with Gasteiger partial charge in [0.15, 0.2) is 0 Å². The SMILES string of the molecule is N#CC1C=C(c2cc(NC3CCNCC3)c3c(c2)=CCNC=3)C=CN1. The molecule has 1 atom stereocenters. The second-order valence-corrected chi connectivity index (χ2v) is 6.68. The van der Waals surface area contributed by atoms with E-state index in [9.17, 15) is 5.26 Å². The summed E-state index contributed by atoms with van der Waals surface area (Å²) in [6.07, 6.45) is 12.5. The Balaban J connectivity index is 1.74. The summed E-state index contributed by atoms with van der Waals surface area (Å²) in [4.78, 5) is 0. The summed E-state index contributed by atoms with van der Waals surface area (Å²) in [5.41, 5.74) is 3.41. The molecule has 128 valence electrons. The number of piperidine rings is 1. The number of allylic oxidation sites excluding steroid dienone is 2. The number of dihydropyridines is 1. The molecule has 25 heavy (non-hydrogen) atoms. The normalized spacial score (nSPS) is 22.2. The van der Waals surface area contributed by atoms with Crippen LogP contribution in [0.1, 0.15) is 18.4 Å². The maximum Gasteiger partial charge on any atom is 0.133 e. The fraction of sp³-hybridized carbons (Fsp3) is 0.350. The molecule has 1 aromatic carbocycles. The van der Waals surface area contributed by atoms with Crippen LogP contribution in [0.25, 0.3) is 17.8 Å². The van der Waals surface area contributed by atoms with Crippen molar-refractivity contribution in [2.45, 2.75) is 24.9 Å². The van der Waals surface area contributed by atoms with E-state index in [1.165, 1.54) is 16.1 Å². The van der Waals surface area contributed by atoms with Crippen LogP contribution in [0.3, 0.4) is 0 Å². The van der Waals surface area contributed by atoms with Gasteiger partial charge in [0.25, 0.3) is 0 Å². The molecule has 1 fully saturated rings. The lowest BCUT2D eigenvalue weighted by atomic mass is 9.97. The van der Waals surface area contributed by atoms with Gasteiger partial charge in [0, 0.05) is 29.7 Å². The molecule has 0 bridgehead atoms. The van der Waals surface area contributed by atoms with Crippen molar-refractivity contribution < 1.29 is 0 Å². The van der Waals surface area contributed by atoms with Crippen LogP contribution in [0.4, 0.5) is 5.69 Å². The van der Waals surface area contributed by atoms with Gasteiger partial charge in [0.1, 0.15) is 6.04 Å². The minimum Gasteiger partial charge on any atom is -0.387 e. The van der Waals surface area contributed by atoms with Gasteiger partial charge in [-0.2, -0.15) is 5.26 Å². The molecule has 3 heterocycles. The average molecular weight is 333 g/mol. The van der Waals surface area contributed by atoms with Gasteiger partial charge in [0.2, 0.25) is 0 Å². The fourth-order valence-electron chi connectivity index (χ4n) is 3.60. The van der Waals surface area contributed by atoms with Gasteiger partial charge in [-0.25, -0.2) is 0 Å². The van der Waals surface area contributed by atoms with Gasteiger partial charge in [-0.05, 0) is 72.8 Å². The molecule has 0 amide bonds. The molecule has 0 spiro atoms. The Morgan fingerprint density at radius 3 is 2.92 bits per heavy atom. The van der Waals surface area contributed by atoms with Crippen LogP contribution >= 0.6 is 0 Å². The lowest BCUT2D eigenvalue weighted by molar-refractivity contribution is 0.479. The smallest absolute Gasteiger partial charge is 0.133 e. The monoisotopic (exact) mass is 333 g/mol. The van der Waals surface area contributed by atoms with Crippen molar-refractivity contribution in [3.8, 4) is 6.07 Å². The van der Waals surface area contributed by atoms with E-state index in [-0.39, 0.29) is 6.04 Å². The number of nitriles is 1. The summed E-state index contributed by atoms with van der Waals surface area (Å²) in [6, 6.07) is 6.93. The van der Waals surface area contributed by atoms with Gasteiger partial charge in [-0.1, -0.05) is 6.08 Å². The third-order valence-electron chi connectivity index (χ3n) is 4.95. The number of fused-ring (bicyclic) bond motifs is 1. The van der Waals surface area contributed by atoms with Crippen molar-refractivity contribution in [1.29, 1.82) is 5.26 Å². The number of nitrogens with one attached hydrogen (secondary N) is 4. The third-order valence-corrected chi connectivity index (χ3v) is 4.95. The maximum atomic E-state index is 9.19. The van der Waals surface area contributed by atoms with Crippen molar-refractivity contribution >= 4 is 23.5 Å². The average Bonchev–Trinajstić information content (AvgIpc) is 2.69. The molecular weight excluding hydrogens is 310 g/mol. The first-order valence-corrected chi connectivity index (χ1v) is 8.93. The van der Waals surface area contributed by atoms with Crippen molar-refractivity contribution in [3.63, 3.8) is 0 Å². The molecule has 5 nitrogen and oxygen atoms in total. The number of hydrogen-bond donors (Lipinski definition) is 4. The zero-order valence-corrected chi connectivity index (χ0v) is 14.2. The Morgan fingerprint density at radius 2 is 2.08 bits per heavy atom. The third kappa shape index (κ3) is 3.40. The summed E-state index contributed by atoms with van der Waals surface area (Å²) in [6.45, 7) is 2.98. The highest BCUT2D eigenvalue weighted by Gasteiger charge is 2.15. The summed E-state index contributed by atoms with van der Waals surface area (Å²) in [7, 11) is 0. The molecule has 4 N–H and O–H groups in total. The first-order valence-electron chi connectivity index (χ1n) is 8.93. The Labute approximate surface area is 147 Å². The van der Waals surface area contributed by atoms with Gasteiger partial charge in [0.05, 0.1) is 6.07 Å². The van der Waals surface area contributed by atoms with Crippen LogP contribution in [0.2, 0.25) is 0 Å². The molecule has 1 saturated heterocycles. The number of nitrogens with zero attached hydrogens (tertiary/aromatic N) is 1. The molecule has 0 aromatic heterocycles. The van der Waals surface area contributed by atoms with Crippen LogP contribution in [-0.2, 0) is 0 Å². The predicted molar refractivity (Wildman–Crippen MR) is 102 cm³/mol. The van der Waals surface area contributed by atoms with Crippen molar-refractivity contribution in [2.24, 2.45) is 0 Å². The lowest BCUT2D eigenvalue weighted by Crippen LogP contribution is -2.40. The second-order valence-electron chi connectivity index (χ2n) is 6.68. The predicted octanol–water partition coefficient (Wildman–Crippen LogP) is 0.365. The van der Waals surface area contributed by atoms with Gasteiger partial charge in [-0.3, -0.25) is 0 Å². The molecule has 3 aliphatic heterocycles. The maximum absolute atomic E-state index is 9.19. The number of anilines is 1. The Morgan fingerprint density at radius 1 is 1.20 bits per heavy atom. The molecule has 0 saturated carbocycles. The second kappa shape index (κ2) is 7.04. The van der Waals surface area contributed by atoms with E-state index in [1.807, 2.05) is 18.4 Å². The minimum atomic E-state index is -0.269. The highest BCUT2D eigenvalue weighted by Crippen LogP contribution is 2.20. The van der Waals surface area contributed by atoms with E-state index >= 15 is 0 Å². The molecule has 0 radical (unpaired) electrons. The number of rotatable bonds is 3. The summed E-state index contributed by atoms with van der Waals surface area (Å²) in [5, 5.41) is 25.2. The molecular formula is C20H23N5. The van der Waals surface area contributed by atoms with Gasteiger partial charge in [-0.15, -0.1) is 0 Å². The highest BCUT2D eigenvalue weighted by atomic mass is 15.0. The van der Waals surface area contributed by atoms with E-state index in [4.69, 9.17) is 0 Å². The highest BCUT2D eigenvalue weighted by molar-refractivity contribution is 5.78. The lowest BCUT2D eigenvalue weighted by Gasteiger charge is -2.26. The van der Waals surface area contributed by atoms with Crippen molar-refractivity contribution in [1.82, 2.24) is 16.0 Å². The first-order chi connectivity index (χ1) is 12.3. The molecule has 0 aliphatic carbocycles. The standard InChI is InChI=1S/C20H23N5/c21-12-18-10-14(2-8-24-18)16-9-15-1-5-23-13-19(15)20(11-16)25-17-3-6-22-7-4-17/h1-2,8-11,13,17-18,22-25H,3-7H2. The molecule has 4 rings (SSSR count). The Bertz CT molecular complexity index is 869.